The molecule has 0 aliphatic heterocycles. The maximum absolute atomic E-state index is 11.6. The van der Waals surface area contributed by atoms with Gasteiger partial charge < -0.3 is 10.1 Å². The predicted octanol–water partition coefficient (Wildman–Crippen LogP) is 2.71. The van der Waals surface area contributed by atoms with E-state index < -0.39 is 11.7 Å². The van der Waals surface area contributed by atoms with Crippen molar-refractivity contribution in [1.82, 2.24) is 5.32 Å². The van der Waals surface area contributed by atoms with Crippen LogP contribution in [0.25, 0.3) is 0 Å². The van der Waals surface area contributed by atoms with E-state index in [2.05, 4.69) is 17.9 Å². The van der Waals surface area contributed by atoms with Crippen molar-refractivity contribution in [1.29, 1.82) is 0 Å². The van der Waals surface area contributed by atoms with Crippen LogP contribution >= 0.6 is 12.6 Å². The highest BCUT2D eigenvalue weighted by atomic mass is 32.1. The normalized spacial score (nSPS) is 10.9. The lowest BCUT2D eigenvalue weighted by Crippen LogP contribution is -2.32. The van der Waals surface area contributed by atoms with Gasteiger partial charge in [-0.2, -0.15) is 0 Å². The van der Waals surface area contributed by atoms with Crippen molar-refractivity contribution >= 4 is 23.8 Å². The van der Waals surface area contributed by atoms with Crippen LogP contribution in [0.5, 0.6) is 0 Å². The van der Waals surface area contributed by atoms with E-state index in [0.29, 0.717) is 6.54 Å². The molecule has 104 valence electrons. The van der Waals surface area contributed by atoms with Crippen molar-refractivity contribution in [3.63, 3.8) is 0 Å². The highest BCUT2D eigenvalue weighted by Gasteiger charge is 2.16. The van der Waals surface area contributed by atoms with Crippen LogP contribution in [0.1, 0.15) is 31.9 Å². The number of ether oxygens (including phenoxy) is 1. The fraction of sp³-hybridized carbons (Fsp3) is 0.429. The molecule has 0 aliphatic carbocycles. The molecule has 0 radical (unpaired) electrons. The molecule has 0 heterocycles. The Morgan fingerprint density at radius 2 is 1.79 bits per heavy atom. The number of benzene rings is 1. The molecule has 1 aromatic carbocycles. The van der Waals surface area contributed by atoms with Gasteiger partial charge in [0.2, 0.25) is 0 Å². The Bertz CT molecular complexity index is 466. The lowest BCUT2D eigenvalue weighted by atomic mass is 10.1. The number of alkyl carbamates (subject to hydrolysis) is 1. The molecule has 0 unspecified atom stereocenters. The molecular formula is C14H19NO3S. The van der Waals surface area contributed by atoms with Crippen LogP contribution in [0, 0.1) is 0 Å². The molecule has 1 aromatic rings. The second-order valence-electron chi connectivity index (χ2n) is 5.19. The third kappa shape index (κ3) is 6.29. The molecule has 4 nitrogen and oxygen atoms in total. The fourth-order valence-electron chi connectivity index (χ4n) is 1.55. The minimum Gasteiger partial charge on any atom is -0.444 e. The van der Waals surface area contributed by atoms with E-state index in [9.17, 15) is 9.59 Å². The van der Waals surface area contributed by atoms with Crippen LogP contribution in [-0.2, 0) is 22.5 Å². The number of amides is 1. The molecular weight excluding hydrogens is 262 g/mol. The first-order chi connectivity index (χ1) is 8.78. The zero-order chi connectivity index (χ0) is 14.5. The van der Waals surface area contributed by atoms with Crippen LogP contribution < -0.4 is 5.32 Å². The summed E-state index contributed by atoms with van der Waals surface area (Å²) in [5.41, 5.74) is 1.22. The van der Waals surface area contributed by atoms with Crippen LogP contribution in [0.4, 0.5) is 4.79 Å². The van der Waals surface area contributed by atoms with Crippen molar-refractivity contribution in [3.8, 4) is 0 Å². The van der Waals surface area contributed by atoms with Gasteiger partial charge in [0.1, 0.15) is 5.60 Å². The minimum atomic E-state index is -0.523. The summed E-state index contributed by atoms with van der Waals surface area (Å²) in [4.78, 5) is 22.6. The predicted molar refractivity (Wildman–Crippen MR) is 77.2 cm³/mol. The maximum Gasteiger partial charge on any atom is 0.407 e. The van der Waals surface area contributed by atoms with Crippen molar-refractivity contribution in [3.05, 3.63) is 35.4 Å². The standard InChI is InChI=1S/C14H19NO3S/c1-14(2,3)18-13(17)15-9-11-7-5-4-6-10(11)8-12(16)19/h4-7H,8-9H2,1-3H3,(H,15,17)(H,16,19). The molecule has 0 fully saturated rings. The SMILES string of the molecule is CC(C)(C)OC(=O)NCc1ccccc1CC(=O)S. The molecule has 1 amide bonds. The van der Waals surface area contributed by atoms with E-state index in [1.807, 2.05) is 24.3 Å². The Labute approximate surface area is 118 Å². The molecule has 19 heavy (non-hydrogen) atoms. The van der Waals surface area contributed by atoms with E-state index in [4.69, 9.17) is 4.74 Å². The summed E-state index contributed by atoms with van der Waals surface area (Å²) in [6, 6.07) is 7.42. The second kappa shape index (κ2) is 6.61. The number of thiol groups is 1. The van der Waals surface area contributed by atoms with Gasteiger partial charge in [0.05, 0.1) is 0 Å². The highest BCUT2D eigenvalue weighted by Crippen LogP contribution is 2.11. The van der Waals surface area contributed by atoms with Gasteiger partial charge in [-0.1, -0.05) is 24.3 Å². The second-order valence-corrected chi connectivity index (χ2v) is 5.69. The zero-order valence-electron chi connectivity index (χ0n) is 11.4. The molecule has 1 N–H and O–H groups in total. The highest BCUT2D eigenvalue weighted by molar-refractivity contribution is 7.96. The fourth-order valence-corrected chi connectivity index (χ4v) is 1.72. The number of carbonyl (C=O) groups is 2. The Kier molecular flexibility index (Phi) is 5.42. The summed E-state index contributed by atoms with van der Waals surface area (Å²) < 4.78 is 5.15. The lowest BCUT2D eigenvalue weighted by Gasteiger charge is -2.20. The van der Waals surface area contributed by atoms with Gasteiger partial charge in [0.25, 0.3) is 0 Å². The molecule has 0 spiro atoms. The third-order valence-electron chi connectivity index (χ3n) is 2.28. The summed E-state index contributed by atoms with van der Waals surface area (Å²) in [6.07, 6.45) is -0.227. The molecule has 0 saturated carbocycles. The van der Waals surface area contributed by atoms with Crippen molar-refractivity contribution < 1.29 is 14.3 Å². The Morgan fingerprint density at radius 3 is 2.32 bits per heavy atom. The third-order valence-corrected chi connectivity index (χ3v) is 2.44. The van der Waals surface area contributed by atoms with Gasteiger partial charge >= 0.3 is 6.09 Å². The first-order valence-electron chi connectivity index (χ1n) is 6.03. The Morgan fingerprint density at radius 1 is 1.21 bits per heavy atom. The summed E-state index contributed by atoms with van der Waals surface area (Å²) in [7, 11) is 0. The number of rotatable bonds is 4. The largest absolute Gasteiger partial charge is 0.444 e. The van der Waals surface area contributed by atoms with Crippen molar-refractivity contribution in [2.75, 3.05) is 0 Å². The van der Waals surface area contributed by atoms with Crippen LogP contribution in [0.2, 0.25) is 0 Å². The molecule has 5 heteroatoms. The van der Waals surface area contributed by atoms with E-state index in [1.54, 1.807) is 20.8 Å². The number of carbonyl (C=O) groups excluding carboxylic acids is 2. The maximum atomic E-state index is 11.6. The van der Waals surface area contributed by atoms with Crippen molar-refractivity contribution in [2.45, 2.75) is 39.3 Å². The average molecular weight is 281 g/mol. The molecule has 0 atom stereocenters. The number of nitrogens with one attached hydrogen (secondary N) is 1. The monoisotopic (exact) mass is 281 g/mol. The minimum absolute atomic E-state index is 0.204. The summed E-state index contributed by atoms with van der Waals surface area (Å²) in [6.45, 7) is 5.74. The first kappa shape index (κ1) is 15.6. The molecule has 0 saturated heterocycles. The lowest BCUT2D eigenvalue weighted by molar-refractivity contribution is -0.110. The van der Waals surface area contributed by atoms with Crippen LogP contribution in [-0.4, -0.2) is 16.8 Å². The van der Waals surface area contributed by atoms with Gasteiger partial charge in [-0.25, -0.2) is 4.79 Å². The van der Waals surface area contributed by atoms with E-state index in [1.165, 1.54) is 0 Å². The van der Waals surface area contributed by atoms with Crippen LogP contribution in [0.3, 0.4) is 0 Å². The zero-order valence-corrected chi connectivity index (χ0v) is 12.3. The van der Waals surface area contributed by atoms with Crippen LogP contribution in [0.15, 0.2) is 24.3 Å². The molecule has 1 rings (SSSR count). The molecule has 0 aromatic heterocycles. The number of hydrogen-bond donors (Lipinski definition) is 2. The summed E-state index contributed by atoms with van der Waals surface area (Å²) >= 11 is 3.77. The molecule has 0 aliphatic rings. The van der Waals surface area contributed by atoms with Gasteiger partial charge in [0, 0.05) is 13.0 Å². The van der Waals surface area contributed by atoms with E-state index in [0.717, 1.165) is 11.1 Å². The van der Waals surface area contributed by atoms with E-state index >= 15 is 0 Å². The van der Waals surface area contributed by atoms with Gasteiger partial charge in [-0.3, -0.25) is 4.79 Å². The Hall–Kier alpha value is -1.49. The Balaban J connectivity index is 2.62. The first-order valence-corrected chi connectivity index (χ1v) is 6.48. The van der Waals surface area contributed by atoms with Crippen molar-refractivity contribution in [2.24, 2.45) is 0 Å². The van der Waals surface area contributed by atoms with Gasteiger partial charge in [-0.05, 0) is 31.9 Å². The number of hydrogen-bond acceptors (Lipinski definition) is 3. The summed E-state index contributed by atoms with van der Waals surface area (Å²) in [5, 5.41) is 2.47. The smallest absolute Gasteiger partial charge is 0.407 e. The van der Waals surface area contributed by atoms with Gasteiger partial charge in [0.15, 0.2) is 5.12 Å². The quantitative estimate of drug-likeness (QED) is 0.834. The topological polar surface area (TPSA) is 55.4 Å². The van der Waals surface area contributed by atoms with Gasteiger partial charge in [-0.15, -0.1) is 12.6 Å². The van der Waals surface area contributed by atoms with E-state index in [-0.39, 0.29) is 11.5 Å². The average Bonchev–Trinajstić information content (AvgIpc) is 2.24. The molecule has 0 bridgehead atoms. The summed E-state index contributed by atoms with van der Waals surface area (Å²) in [5.74, 6) is 0.